The van der Waals surface area contributed by atoms with Gasteiger partial charge in [-0.15, -0.1) is 0 Å². The first-order valence-corrected chi connectivity index (χ1v) is 9.01. The maximum absolute atomic E-state index is 12.2. The summed E-state index contributed by atoms with van der Waals surface area (Å²) in [5, 5.41) is 9.90. The Morgan fingerprint density at radius 2 is 1.71 bits per heavy atom. The van der Waals surface area contributed by atoms with Crippen molar-refractivity contribution in [1.29, 1.82) is 0 Å². The van der Waals surface area contributed by atoms with Crippen molar-refractivity contribution in [3.05, 3.63) is 78.6 Å². The van der Waals surface area contributed by atoms with Crippen LogP contribution in [-0.4, -0.2) is 21.6 Å². The molecule has 0 aliphatic rings. The Kier molecular flexibility index (Phi) is 6.01. The van der Waals surface area contributed by atoms with E-state index in [0.717, 1.165) is 11.3 Å². The predicted molar refractivity (Wildman–Crippen MR) is 111 cm³/mol. The average Bonchev–Trinajstić information content (AvgIpc) is 3.16. The van der Waals surface area contributed by atoms with Crippen molar-refractivity contribution in [3.63, 3.8) is 0 Å². The topological polar surface area (TPSA) is 76.0 Å². The molecule has 0 spiro atoms. The van der Waals surface area contributed by atoms with Gasteiger partial charge in [-0.25, -0.2) is 4.68 Å². The molecule has 2 amide bonds. The second-order valence-corrected chi connectivity index (χ2v) is 6.60. The Morgan fingerprint density at radius 1 is 1.00 bits per heavy atom. The number of para-hydroxylation sites is 1. The fraction of sp³-hybridized carbons (Fsp3) is 0.136. The van der Waals surface area contributed by atoms with Gasteiger partial charge >= 0.3 is 0 Å². The maximum Gasteiger partial charge on any atom is 0.248 e. The molecule has 3 aromatic rings. The summed E-state index contributed by atoms with van der Waals surface area (Å²) in [5.74, 6) is -0.448. The van der Waals surface area contributed by atoms with E-state index in [1.807, 2.05) is 50.4 Å². The highest BCUT2D eigenvalue weighted by atomic mass is 16.2. The van der Waals surface area contributed by atoms with E-state index in [1.54, 1.807) is 41.2 Å². The fourth-order valence-electron chi connectivity index (χ4n) is 2.46. The number of benzene rings is 2. The quantitative estimate of drug-likeness (QED) is 0.637. The van der Waals surface area contributed by atoms with Crippen LogP contribution < -0.4 is 10.6 Å². The highest BCUT2D eigenvalue weighted by molar-refractivity contribution is 6.02. The third kappa shape index (κ3) is 5.17. The lowest BCUT2D eigenvalue weighted by Gasteiger charge is -2.09. The van der Waals surface area contributed by atoms with E-state index in [4.69, 9.17) is 0 Å². The van der Waals surface area contributed by atoms with Gasteiger partial charge in [0.1, 0.15) is 0 Å². The number of amides is 2. The molecule has 0 aliphatic heterocycles. The molecular weight excluding hydrogens is 352 g/mol. The molecule has 142 valence electrons. The maximum atomic E-state index is 12.2. The molecule has 2 N–H and O–H groups in total. The summed E-state index contributed by atoms with van der Waals surface area (Å²) in [6.45, 7) is 3.65. The largest absolute Gasteiger partial charge is 0.326 e. The van der Waals surface area contributed by atoms with Gasteiger partial charge in [0, 0.05) is 35.1 Å². The number of rotatable bonds is 6. The number of nitrogens with zero attached hydrogens (tertiary/aromatic N) is 2. The minimum atomic E-state index is -0.264. The van der Waals surface area contributed by atoms with Crippen LogP contribution in [0.15, 0.2) is 73.1 Å². The Labute approximate surface area is 163 Å². The molecule has 0 unspecified atom stereocenters. The fourth-order valence-corrected chi connectivity index (χ4v) is 2.46. The van der Waals surface area contributed by atoms with E-state index >= 15 is 0 Å². The highest BCUT2D eigenvalue weighted by Gasteiger charge is 2.07. The van der Waals surface area contributed by atoms with Gasteiger partial charge in [0.05, 0.1) is 11.9 Å². The number of nitrogens with one attached hydrogen (secondary N) is 2. The molecular formula is C22H22N4O2. The van der Waals surface area contributed by atoms with Crippen LogP contribution in [0.3, 0.4) is 0 Å². The first kappa shape index (κ1) is 19.1. The molecule has 0 bridgehead atoms. The molecule has 6 nitrogen and oxygen atoms in total. The van der Waals surface area contributed by atoms with Crippen LogP contribution in [0.5, 0.6) is 0 Å². The Bertz CT molecular complexity index is 991. The van der Waals surface area contributed by atoms with Crippen LogP contribution in [0.2, 0.25) is 0 Å². The first-order valence-electron chi connectivity index (χ1n) is 9.01. The molecule has 0 saturated heterocycles. The molecule has 28 heavy (non-hydrogen) atoms. The molecule has 0 aliphatic carbocycles. The summed E-state index contributed by atoms with van der Waals surface area (Å²) >= 11 is 0. The lowest BCUT2D eigenvalue weighted by Crippen LogP contribution is -2.17. The predicted octanol–water partition coefficient (Wildman–Crippen LogP) is 4.12. The minimum absolute atomic E-state index is 0.0706. The first-order chi connectivity index (χ1) is 13.5. The smallest absolute Gasteiger partial charge is 0.248 e. The SMILES string of the molecule is CC(C)C(=O)Nc1cccc(NC(=O)/C=C/c2cnn(-c3ccccc3)c2)c1. The molecule has 0 fully saturated rings. The van der Waals surface area contributed by atoms with Crippen LogP contribution >= 0.6 is 0 Å². The van der Waals surface area contributed by atoms with Crippen molar-refractivity contribution in [2.24, 2.45) is 5.92 Å². The number of anilines is 2. The summed E-state index contributed by atoms with van der Waals surface area (Å²) < 4.78 is 1.75. The Balaban J connectivity index is 1.61. The summed E-state index contributed by atoms with van der Waals surface area (Å²) in [5.41, 5.74) is 3.02. The van der Waals surface area contributed by atoms with Crippen LogP contribution in [0.4, 0.5) is 11.4 Å². The molecule has 6 heteroatoms. The Hall–Kier alpha value is -3.67. The van der Waals surface area contributed by atoms with Gasteiger partial charge in [-0.1, -0.05) is 38.1 Å². The van der Waals surface area contributed by atoms with Gasteiger partial charge in [-0.2, -0.15) is 5.10 Å². The zero-order valence-electron chi connectivity index (χ0n) is 15.8. The van der Waals surface area contributed by atoms with Crippen molar-refractivity contribution < 1.29 is 9.59 Å². The number of hydrogen-bond acceptors (Lipinski definition) is 3. The summed E-state index contributed by atoms with van der Waals surface area (Å²) in [4.78, 5) is 24.0. The van der Waals surface area contributed by atoms with Gasteiger partial charge in [0.25, 0.3) is 0 Å². The van der Waals surface area contributed by atoms with Gasteiger partial charge < -0.3 is 10.6 Å². The van der Waals surface area contributed by atoms with Crippen molar-refractivity contribution in [2.45, 2.75) is 13.8 Å². The molecule has 0 radical (unpaired) electrons. The van der Waals surface area contributed by atoms with Crippen molar-refractivity contribution in [3.8, 4) is 5.69 Å². The van der Waals surface area contributed by atoms with Crippen LogP contribution in [0.1, 0.15) is 19.4 Å². The second-order valence-electron chi connectivity index (χ2n) is 6.60. The lowest BCUT2D eigenvalue weighted by molar-refractivity contribution is -0.119. The summed E-state index contributed by atoms with van der Waals surface area (Å²) in [6, 6.07) is 16.8. The molecule has 3 rings (SSSR count). The number of hydrogen-bond donors (Lipinski definition) is 2. The van der Waals surface area contributed by atoms with E-state index in [-0.39, 0.29) is 17.7 Å². The normalized spacial score (nSPS) is 11.0. The average molecular weight is 374 g/mol. The summed E-state index contributed by atoms with van der Waals surface area (Å²) in [7, 11) is 0. The molecule has 0 saturated carbocycles. The van der Waals surface area contributed by atoms with Crippen molar-refractivity contribution in [1.82, 2.24) is 9.78 Å². The van der Waals surface area contributed by atoms with E-state index < -0.39 is 0 Å². The Morgan fingerprint density at radius 3 is 2.43 bits per heavy atom. The number of aromatic nitrogens is 2. The number of carbonyl (C=O) groups excluding carboxylic acids is 2. The van der Waals surface area contributed by atoms with Gasteiger partial charge in [0.2, 0.25) is 11.8 Å². The zero-order valence-corrected chi connectivity index (χ0v) is 15.8. The van der Waals surface area contributed by atoms with Gasteiger partial charge in [0.15, 0.2) is 0 Å². The standard InChI is InChI=1S/C22H22N4O2/c1-16(2)22(28)25-19-8-6-7-18(13-19)24-21(27)12-11-17-14-23-26(15-17)20-9-4-3-5-10-20/h3-16H,1-2H3,(H,24,27)(H,25,28)/b12-11+. The van der Waals surface area contributed by atoms with Crippen LogP contribution in [0, 0.1) is 5.92 Å². The van der Waals surface area contributed by atoms with E-state index in [1.165, 1.54) is 6.08 Å². The third-order valence-electron chi connectivity index (χ3n) is 3.97. The number of carbonyl (C=O) groups is 2. The van der Waals surface area contributed by atoms with E-state index in [9.17, 15) is 9.59 Å². The third-order valence-corrected chi connectivity index (χ3v) is 3.97. The van der Waals surface area contributed by atoms with Gasteiger partial charge in [-0.3, -0.25) is 9.59 Å². The second kappa shape index (κ2) is 8.81. The molecule has 1 aromatic heterocycles. The van der Waals surface area contributed by atoms with Crippen molar-refractivity contribution in [2.75, 3.05) is 10.6 Å². The zero-order chi connectivity index (χ0) is 19.9. The highest BCUT2D eigenvalue weighted by Crippen LogP contribution is 2.16. The molecule has 1 heterocycles. The monoisotopic (exact) mass is 374 g/mol. The van der Waals surface area contributed by atoms with E-state index in [2.05, 4.69) is 15.7 Å². The van der Waals surface area contributed by atoms with Crippen molar-refractivity contribution >= 4 is 29.3 Å². The van der Waals surface area contributed by atoms with Gasteiger partial charge in [-0.05, 0) is 36.4 Å². The van der Waals surface area contributed by atoms with Crippen LogP contribution in [-0.2, 0) is 9.59 Å². The van der Waals surface area contributed by atoms with E-state index in [0.29, 0.717) is 11.4 Å². The lowest BCUT2D eigenvalue weighted by atomic mass is 10.2. The molecule has 0 atom stereocenters. The minimum Gasteiger partial charge on any atom is -0.326 e. The van der Waals surface area contributed by atoms with Crippen LogP contribution in [0.25, 0.3) is 11.8 Å². The molecule has 2 aromatic carbocycles. The summed E-state index contributed by atoms with van der Waals surface area (Å²) in [6.07, 6.45) is 6.69.